The van der Waals surface area contributed by atoms with Gasteiger partial charge in [-0.05, 0) is 81.3 Å². The van der Waals surface area contributed by atoms with Gasteiger partial charge in [0.2, 0.25) is 15.9 Å². The highest BCUT2D eigenvalue weighted by molar-refractivity contribution is 7.93. The number of ether oxygens (including phenoxy) is 1. The fourth-order valence-electron chi connectivity index (χ4n) is 8.30. The molecule has 2 N–H and O–H groups in total. The summed E-state index contributed by atoms with van der Waals surface area (Å²) in [5.74, 6) is -7.66. The Morgan fingerprint density at radius 2 is 1.58 bits per heavy atom. The molecule has 3 aromatic heterocycles. The van der Waals surface area contributed by atoms with Crippen LogP contribution in [0.2, 0.25) is 5.02 Å². The van der Waals surface area contributed by atoms with Crippen LogP contribution in [0.15, 0.2) is 42.5 Å². The van der Waals surface area contributed by atoms with Gasteiger partial charge in [-0.1, -0.05) is 23.6 Å². The first-order valence-corrected chi connectivity index (χ1v) is 25.3. The molecule has 392 valence electrons. The molecule has 0 aliphatic heterocycles. The maximum absolute atomic E-state index is 15.6. The number of nitrogens with zero attached hydrogens (tertiary/aromatic N) is 6. The standard InChI is InChI=1S/C44H39ClF10N8O8S2/c1-20(56-40(66)71-4)39(65)63(73(6,69)70)38-33-29(45)10-9-26(35(33)62(60-38)19-42(48,49)50)25-8-7-24(11-12-41(2,3)72(5,67)68)57-34(25)30(15-21-13-22(46)16-23(47)14-21)58-31(64)18-61-37-32(36(59-61)44(53,54)55)27-17-28(27)43(37,51)52/h7-10,13-14,16,20,27-28,30H,15,17-19H2,1-6H3,(H,56,66)(H,58,64)/t20-,27?,28+,30-/m0/s1. The van der Waals surface area contributed by atoms with Gasteiger partial charge in [0.25, 0.3) is 11.8 Å². The summed E-state index contributed by atoms with van der Waals surface area (Å²) in [4.78, 5) is 44.6. The number of hydrogen-bond acceptors (Lipinski definition) is 11. The number of sulfone groups is 1. The second kappa shape index (κ2) is 18.8. The van der Waals surface area contributed by atoms with E-state index in [0.717, 1.165) is 56.7 Å². The predicted molar refractivity (Wildman–Crippen MR) is 240 cm³/mol. The maximum Gasteiger partial charge on any atom is 0.435 e. The van der Waals surface area contributed by atoms with Gasteiger partial charge in [0.1, 0.15) is 46.9 Å². The van der Waals surface area contributed by atoms with Gasteiger partial charge in [-0.25, -0.2) is 35.4 Å². The summed E-state index contributed by atoms with van der Waals surface area (Å²) in [5.41, 5.74) is -6.10. The Morgan fingerprint density at radius 1 is 0.945 bits per heavy atom. The number of hydrogen-bond donors (Lipinski definition) is 2. The lowest BCUT2D eigenvalue weighted by atomic mass is 9.93. The third-order valence-corrected chi connectivity index (χ3v) is 15.2. The fraction of sp³-hybridized carbons (Fsp3) is 0.409. The summed E-state index contributed by atoms with van der Waals surface area (Å²) >= 11 is 6.62. The van der Waals surface area contributed by atoms with Crippen LogP contribution in [0.25, 0.3) is 22.0 Å². The minimum absolute atomic E-state index is 0.0232. The SMILES string of the molecule is COC(=O)N[C@@H](C)C(=O)N(c1nn(CC(F)(F)F)c2c(-c3ccc(C#CC(C)(C)S(C)(=O)=O)nc3[C@H](Cc3cc(F)cc(F)c3)NC(=O)Cn3nc(C(F)(F)F)c4c3C(F)(F)[C@@H]3CC43)ccc(Cl)c12)S(C)(=O)=O. The van der Waals surface area contributed by atoms with Crippen LogP contribution in [0.4, 0.5) is 54.5 Å². The van der Waals surface area contributed by atoms with Crippen LogP contribution in [0.3, 0.4) is 0 Å². The average molecular weight is 1100 g/mol. The zero-order valence-electron chi connectivity index (χ0n) is 38.6. The Bertz CT molecular complexity index is 3390. The number of methoxy groups -OCH3 is 1. The molecule has 3 heterocycles. The van der Waals surface area contributed by atoms with Gasteiger partial charge < -0.3 is 15.4 Å². The Labute approximate surface area is 413 Å². The maximum atomic E-state index is 15.6. The first-order chi connectivity index (χ1) is 33.5. The number of benzene rings is 2. The van der Waals surface area contributed by atoms with Crippen molar-refractivity contribution in [1.82, 2.24) is 35.2 Å². The summed E-state index contributed by atoms with van der Waals surface area (Å²) in [6, 6.07) is 2.86. The molecule has 0 bridgehead atoms. The van der Waals surface area contributed by atoms with Crippen LogP contribution < -0.4 is 14.9 Å². The molecule has 1 fully saturated rings. The first kappa shape index (κ1) is 54.3. The number of sulfonamides is 1. The van der Waals surface area contributed by atoms with E-state index in [0.29, 0.717) is 12.3 Å². The second-order valence-corrected chi connectivity index (χ2v) is 22.5. The van der Waals surface area contributed by atoms with Crippen molar-refractivity contribution < 1.29 is 79.9 Å². The van der Waals surface area contributed by atoms with E-state index in [2.05, 4.69) is 37.1 Å². The number of amides is 3. The van der Waals surface area contributed by atoms with Crippen LogP contribution in [0, 0.1) is 29.4 Å². The van der Waals surface area contributed by atoms with Crippen LogP contribution in [-0.2, 0) is 65.8 Å². The van der Waals surface area contributed by atoms with Crippen LogP contribution in [0.5, 0.6) is 0 Å². The number of halogens is 11. The molecule has 2 aliphatic rings. The van der Waals surface area contributed by atoms with Crippen molar-refractivity contribution in [1.29, 1.82) is 0 Å². The highest BCUT2D eigenvalue weighted by atomic mass is 35.5. The summed E-state index contributed by atoms with van der Waals surface area (Å²) in [6.45, 7) is 0.131. The molecule has 0 spiro atoms. The Morgan fingerprint density at radius 3 is 2.15 bits per heavy atom. The summed E-state index contributed by atoms with van der Waals surface area (Å²) in [6.07, 6.45) is -11.3. The molecule has 29 heteroatoms. The molecule has 0 saturated heterocycles. The number of alkyl halides is 8. The Balaban J connectivity index is 1.49. The molecule has 2 aromatic carbocycles. The minimum atomic E-state index is -5.23. The largest absolute Gasteiger partial charge is 0.453 e. The predicted octanol–water partition coefficient (Wildman–Crippen LogP) is 7.33. The molecule has 1 unspecified atom stereocenters. The van der Waals surface area contributed by atoms with E-state index in [-0.39, 0.29) is 36.9 Å². The van der Waals surface area contributed by atoms with Gasteiger partial charge in [0.05, 0.1) is 41.0 Å². The Kier molecular flexibility index (Phi) is 14.0. The number of anilines is 1. The fourth-order valence-corrected chi connectivity index (χ4v) is 9.70. The number of carbonyl (C=O) groups is 3. The van der Waals surface area contributed by atoms with Gasteiger partial charge in [0, 0.05) is 34.9 Å². The smallest absolute Gasteiger partial charge is 0.435 e. The number of rotatable bonds is 13. The van der Waals surface area contributed by atoms with E-state index >= 15 is 8.78 Å². The van der Waals surface area contributed by atoms with Crippen molar-refractivity contribution >= 4 is 66.1 Å². The van der Waals surface area contributed by atoms with Crippen molar-refractivity contribution in [3.63, 3.8) is 0 Å². The van der Waals surface area contributed by atoms with Crippen LogP contribution in [-0.4, -0.2) is 95.9 Å². The quantitative estimate of drug-likeness (QED) is 0.0883. The van der Waals surface area contributed by atoms with E-state index in [1.54, 1.807) is 0 Å². The minimum Gasteiger partial charge on any atom is -0.453 e. The third-order valence-electron chi connectivity index (χ3n) is 11.9. The molecule has 5 aromatic rings. The van der Waals surface area contributed by atoms with E-state index in [9.17, 15) is 66.3 Å². The molecular weight excluding hydrogens is 1060 g/mol. The number of nitrogens with one attached hydrogen (secondary N) is 2. The second-order valence-electron chi connectivity index (χ2n) is 17.7. The van der Waals surface area contributed by atoms with E-state index in [1.165, 1.54) is 13.8 Å². The Hall–Kier alpha value is -6.47. The van der Waals surface area contributed by atoms with Crippen LogP contribution in [0.1, 0.15) is 73.1 Å². The van der Waals surface area contributed by atoms with Gasteiger partial charge in [0.15, 0.2) is 21.3 Å². The highest BCUT2D eigenvalue weighted by Gasteiger charge is 2.68. The van der Waals surface area contributed by atoms with E-state index < -0.39 is 166 Å². The van der Waals surface area contributed by atoms with Gasteiger partial charge in [-0.2, -0.15) is 49.6 Å². The lowest BCUT2D eigenvalue weighted by molar-refractivity contribution is -0.143. The molecule has 4 atom stereocenters. The van der Waals surface area contributed by atoms with Crippen molar-refractivity contribution in [2.45, 2.75) is 87.7 Å². The summed E-state index contributed by atoms with van der Waals surface area (Å²) in [7, 11) is -7.90. The number of alkyl carbamates (subject to hydrolysis) is 1. The zero-order chi connectivity index (χ0) is 54.3. The van der Waals surface area contributed by atoms with Gasteiger partial charge >= 0.3 is 18.4 Å². The van der Waals surface area contributed by atoms with Crippen molar-refractivity contribution in [2.75, 3.05) is 23.9 Å². The third kappa shape index (κ3) is 10.9. The summed E-state index contributed by atoms with van der Waals surface area (Å²) < 4.78 is 202. The molecule has 7 rings (SSSR count). The molecule has 3 amide bonds. The summed E-state index contributed by atoms with van der Waals surface area (Å²) in [5, 5.41) is 10.6. The van der Waals surface area contributed by atoms with E-state index in [4.69, 9.17) is 11.6 Å². The lowest BCUT2D eigenvalue weighted by Crippen LogP contribution is -2.49. The number of fused-ring (bicyclic) bond motifs is 4. The highest BCUT2D eigenvalue weighted by Crippen LogP contribution is 2.68. The number of pyridine rings is 1. The molecule has 73 heavy (non-hydrogen) atoms. The monoisotopic (exact) mass is 1100 g/mol. The van der Waals surface area contributed by atoms with Crippen LogP contribution >= 0.6 is 11.6 Å². The molecular formula is C44H39ClF10N8O8S2. The molecule has 1 saturated carbocycles. The van der Waals surface area contributed by atoms with Crippen molar-refractivity contribution in [3.05, 3.63) is 93.0 Å². The average Bonchev–Trinajstić information content (AvgIpc) is 3.76. The van der Waals surface area contributed by atoms with Gasteiger partial charge in [-0.3, -0.25) is 19.0 Å². The normalized spacial score (nSPS) is 17.2. The lowest BCUT2D eigenvalue weighted by Gasteiger charge is -2.23. The number of carbonyl (C=O) groups excluding carboxylic acids is 3. The molecule has 2 aliphatic carbocycles. The van der Waals surface area contributed by atoms with E-state index in [1.807, 2.05) is 5.32 Å². The zero-order valence-corrected chi connectivity index (χ0v) is 41.0. The molecule has 0 radical (unpaired) electrons. The molecule has 16 nitrogen and oxygen atoms in total. The van der Waals surface area contributed by atoms with Crippen molar-refractivity contribution in [3.8, 4) is 23.0 Å². The first-order valence-electron chi connectivity index (χ1n) is 21.2. The van der Waals surface area contributed by atoms with Crippen molar-refractivity contribution in [2.24, 2.45) is 5.92 Å². The number of aromatic nitrogens is 5. The van der Waals surface area contributed by atoms with Gasteiger partial charge in [-0.15, -0.1) is 0 Å². The topological polar surface area (TPSA) is 205 Å².